The van der Waals surface area contributed by atoms with Crippen LogP contribution in [0, 0.1) is 40.9 Å². The molecule has 0 aromatic rings. The van der Waals surface area contributed by atoms with Crippen molar-refractivity contribution in [3.8, 4) is 0 Å². The Bertz CT molecular complexity index is 3190. The number of alkyl halides is 3. The van der Waals surface area contributed by atoms with E-state index < -0.39 is 192 Å². The van der Waals surface area contributed by atoms with Crippen molar-refractivity contribution in [2.75, 3.05) is 109 Å². The number of likely N-dealkylation sites (N-methyl/N-ethyl adjacent to an activating group) is 7. The van der Waals surface area contributed by atoms with Crippen LogP contribution < -0.4 is 16.0 Å². The monoisotopic (exact) mass is 1530 g/mol. The molecule has 0 aromatic carbocycles. The molecule has 12 amide bonds. The van der Waals surface area contributed by atoms with Gasteiger partial charge in [-0.3, -0.25) is 57.5 Å². The Hall–Kier alpha value is -6.95. The number of nitrogens with one attached hydrogen (secondary N) is 3. The Labute approximate surface area is 637 Å². The van der Waals surface area contributed by atoms with Crippen molar-refractivity contribution in [1.29, 1.82) is 0 Å². The number of fused-ring (bicyclic) bond motifs is 3. The van der Waals surface area contributed by atoms with E-state index in [0.29, 0.717) is 50.9 Å². The molecule has 610 valence electrons. The number of carbonyl (C=O) groups excluding carboxylic acids is 12. The third-order valence-corrected chi connectivity index (χ3v) is 24.4. The number of methoxy groups -OCH3 is 1. The molecule has 3 heterocycles. The second-order valence-corrected chi connectivity index (χ2v) is 33.3. The van der Waals surface area contributed by atoms with Gasteiger partial charge in [-0.2, -0.15) is 13.2 Å². The highest BCUT2D eigenvalue weighted by Crippen LogP contribution is 2.50. The topological polar surface area (TPSA) is 298 Å². The van der Waals surface area contributed by atoms with Gasteiger partial charge in [0.2, 0.25) is 70.9 Å². The van der Waals surface area contributed by atoms with Gasteiger partial charge in [-0.05, 0) is 125 Å². The van der Waals surface area contributed by atoms with E-state index in [-0.39, 0.29) is 103 Å². The number of nitrogens with zero attached hydrogens (tertiary/aromatic N) is 9. The summed E-state index contributed by atoms with van der Waals surface area (Å²) in [4.78, 5) is 194. The third-order valence-electron chi connectivity index (χ3n) is 24.4. The van der Waals surface area contributed by atoms with Gasteiger partial charge in [0.25, 0.3) is 0 Å². The smallest absolute Gasteiger partial charge is 0.381 e. The average molecular weight is 1530 g/mol. The van der Waals surface area contributed by atoms with E-state index in [4.69, 9.17) is 14.2 Å². The van der Waals surface area contributed by atoms with Gasteiger partial charge in [0, 0.05) is 96.2 Å². The van der Waals surface area contributed by atoms with Crippen LogP contribution in [0.3, 0.4) is 0 Å². The fourth-order valence-corrected chi connectivity index (χ4v) is 17.8. The molecule has 30 heteroatoms. The molecular weight excluding hydrogens is 1400 g/mol. The Morgan fingerprint density at radius 1 is 0.694 bits per heavy atom. The molecule has 3 unspecified atom stereocenters. The van der Waals surface area contributed by atoms with Crippen LogP contribution in [-0.4, -0.2) is 297 Å². The van der Waals surface area contributed by atoms with Crippen molar-refractivity contribution >= 4 is 70.9 Å². The lowest BCUT2D eigenvalue weighted by Crippen LogP contribution is -2.71. The summed E-state index contributed by atoms with van der Waals surface area (Å²) >= 11 is 0. The number of hydrogen-bond acceptors (Lipinski definition) is 15. The van der Waals surface area contributed by atoms with E-state index in [1.165, 1.54) is 92.9 Å². The molecular formula is C78H127F3N12O15. The highest BCUT2D eigenvalue weighted by molar-refractivity contribution is 6.01. The number of ether oxygens (including phenoxy) is 3. The second-order valence-electron chi connectivity index (χ2n) is 33.3. The van der Waals surface area contributed by atoms with Crippen LogP contribution in [-0.2, 0) is 71.7 Å². The largest absolute Gasteiger partial charge is 0.394 e. The zero-order valence-electron chi connectivity index (χ0n) is 67.2. The predicted molar refractivity (Wildman–Crippen MR) is 397 cm³/mol. The maximum atomic E-state index is 15.8. The number of amides is 12. The van der Waals surface area contributed by atoms with Crippen molar-refractivity contribution < 1.29 is 84.9 Å². The van der Waals surface area contributed by atoms with E-state index in [1.54, 1.807) is 19.9 Å². The summed E-state index contributed by atoms with van der Waals surface area (Å²) in [6.07, 6.45) is 3.94. The molecule has 3 aliphatic heterocycles. The first kappa shape index (κ1) is 88.3. The van der Waals surface area contributed by atoms with Gasteiger partial charge in [-0.15, -0.1) is 0 Å². The quantitative estimate of drug-likeness (QED) is 0.126. The van der Waals surface area contributed by atoms with Crippen LogP contribution >= 0.6 is 0 Å². The van der Waals surface area contributed by atoms with Crippen LogP contribution in [0.25, 0.3) is 0 Å². The van der Waals surface area contributed by atoms with E-state index in [0.717, 1.165) is 40.4 Å². The first-order chi connectivity index (χ1) is 50.8. The van der Waals surface area contributed by atoms with Gasteiger partial charge >= 0.3 is 6.18 Å². The summed E-state index contributed by atoms with van der Waals surface area (Å²) in [7, 11) is 12.7. The summed E-state index contributed by atoms with van der Waals surface area (Å²) in [6, 6.07) is -10.5. The minimum Gasteiger partial charge on any atom is -0.381 e. The van der Waals surface area contributed by atoms with E-state index in [1.807, 2.05) is 33.8 Å². The fourth-order valence-electron chi connectivity index (χ4n) is 17.8. The fraction of sp³-hybridized carbons (Fsp3) is 0.821. The Kier molecular flexibility index (Phi) is 31.7. The lowest BCUT2D eigenvalue weighted by Gasteiger charge is -2.54. The molecule has 0 aromatic heterocycles. The molecule has 3 N–H and O–H groups in total. The molecule has 4 aliphatic carbocycles. The van der Waals surface area contributed by atoms with Gasteiger partial charge < -0.3 is 74.3 Å². The SMILES string of the molecule is CCCOC[C@H]1C(=O)N[C@@H]([C@@H](C)CC)C(=O)N(C)CC(=O)N(C)[C@H]2C/C=C\CCN(C2=O)[C@@H](CC2CCC(C)CC2)C(=O)N(C)CC(=O)N[C@@H](CCC2CCC(C(F)(F)F)C(OC)C2)C(=O)N2C[C@H](OCC)C[C@H]2C(=O)NC2(CC(C)(C)C2)C(=O)N(C)[C@@H](C2CCCC2)C(=O)N(C)[C@H](C(=O)N(C)C)CC(=O)N1C. The van der Waals surface area contributed by atoms with Crippen molar-refractivity contribution in [2.24, 2.45) is 40.9 Å². The van der Waals surface area contributed by atoms with Crippen LogP contribution in [0.4, 0.5) is 13.2 Å². The van der Waals surface area contributed by atoms with Crippen LogP contribution in [0.1, 0.15) is 190 Å². The maximum absolute atomic E-state index is 15.8. The van der Waals surface area contributed by atoms with E-state index in [2.05, 4.69) is 22.9 Å². The second kappa shape index (κ2) is 38.8. The molecule has 2 bridgehead atoms. The van der Waals surface area contributed by atoms with Gasteiger partial charge in [-0.25, -0.2) is 0 Å². The van der Waals surface area contributed by atoms with Gasteiger partial charge in [0.1, 0.15) is 53.9 Å². The lowest BCUT2D eigenvalue weighted by atomic mass is 9.58. The Balaban J connectivity index is 1.34. The first-order valence-corrected chi connectivity index (χ1v) is 39.6. The van der Waals surface area contributed by atoms with Crippen LogP contribution in [0.5, 0.6) is 0 Å². The molecule has 6 fully saturated rings. The van der Waals surface area contributed by atoms with Gasteiger partial charge in [-0.1, -0.05) is 98.6 Å². The molecule has 13 atom stereocenters. The van der Waals surface area contributed by atoms with Crippen LogP contribution in [0.2, 0.25) is 0 Å². The minimum atomic E-state index is -4.53. The van der Waals surface area contributed by atoms with Gasteiger partial charge in [0.05, 0.1) is 44.2 Å². The number of carbonyl (C=O) groups is 12. The summed E-state index contributed by atoms with van der Waals surface area (Å²) < 4.78 is 60.6. The molecule has 108 heavy (non-hydrogen) atoms. The number of hydrogen-bond donors (Lipinski definition) is 3. The van der Waals surface area contributed by atoms with E-state index >= 15 is 28.8 Å². The molecule has 27 nitrogen and oxygen atoms in total. The molecule has 4 saturated carbocycles. The summed E-state index contributed by atoms with van der Waals surface area (Å²) in [5.74, 6) is -10.8. The zero-order chi connectivity index (χ0) is 80.0. The zero-order valence-corrected chi connectivity index (χ0v) is 67.2. The van der Waals surface area contributed by atoms with E-state index in [9.17, 15) is 41.9 Å². The predicted octanol–water partition coefficient (Wildman–Crippen LogP) is 5.55. The molecule has 0 radical (unpaired) electrons. The molecule has 7 rings (SSSR count). The first-order valence-electron chi connectivity index (χ1n) is 39.6. The Morgan fingerprint density at radius 3 is 1.94 bits per heavy atom. The van der Waals surface area contributed by atoms with Crippen LogP contribution in [0.15, 0.2) is 12.2 Å². The number of rotatable bonds is 16. The van der Waals surface area contributed by atoms with Crippen molar-refractivity contribution in [2.45, 2.75) is 262 Å². The van der Waals surface area contributed by atoms with Crippen molar-refractivity contribution in [3.63, 3.8) is 0 Å². The summed E-state index contributed by atoms with van der Waals surface area (Å²) in [5, 5.41) is 8.84. The number of halogens is 3. The highest BCUT2D eigenvalue weighted by atomic mass is 19.4. The molecule has 7 aliphatic rings. The van der Waals surface area contributed by atoms with Gasteiger partial charge in [0.15, 0.2) is 0 Å². The normalized spacial score (nSPS) is 31.6. The molecule has 1 spiro atoms. The van der Waals surface area contributed by atoms with Crippen molar-refractivity contribution in [1.82, 2.24) is 60.0 Å². The summed E-state index contributed by atoms with van der Waals surface area (Å²) in [6.45, 7) is 12.0. The van der Waals surface area contributed by atoms with Crippen molar-refractivity contribution in [3.05, 3.63) is 12.2 Å². The summed E-state index contributed by atoms with van der Waals surface area (Å²) in [5.41, 5.74) is -2.19. The molecule has 2 saturated heterocycles. The minimum absolute atomic E-state index is 0.00768. The third kappa shape index (κ3) is 21.8. The standard InChI is InChI=1S/C78H127F3N12O15/c1-17-37-107-45-60-67(97)83-65(49(5)18-2)73(103)87(11)44-64(96)88(12)56-27-21-20-24-36-92(72(56)102)59(38-50-30-28-48(4)29-31-50)71(101)86(10)43-62(94)82-55(35-33-51-32-34-54(78(79,80)81)61(39-51)106-16)69(99)93-42-53(108-19-3)40-57(93)68(98)84-77(46-76(6,7)47-77)75(105)91(15)66(52-25-22-23-26-52)74(104)90(14)58(70(100)85(8)9)41-63(95)89(60)13/h20-21,48-61,65-66H,17-19,22-47H2,1-16H3,(H,82,94)(H,83,97)(H,84,98)/b21-20-/t48?,49-,50?,51?,53+,54?,55-,56-,57-,58-,59-,60-,61?,65-,66-/m0/s1. The average Bonchev–Trinajstić information content (AvgIpc) is 0.973. The Morgan fingerprint density at radius 2 is 1.34 bits per heavy atom. The lowest BCUT2D eigenvalue weighted by molar-refractivity contribution is -0.215. The maximum Gasteiger partial charge on any atom is 0.394 e. The highest BCUT2D eigenvalue weighted by Gasteiger charge is 2.60.